The van der Waals surface area contributed by atoms with Crippen molar-refractivity contribution < 1.29 is 9.72 Å². The van der Waals surface area contributed by atoms with Crippen LogP contribution in [0.4, 0.5) is 5.82 Å². The van der Waals surface area contributed by atoms with Crippen molar-refractivity contribution in [1.82, 2.24) is 15.2 Å². The van der Waals surface area contributed by atoms with Crippen LogP contribution in [0.2, 0.25) is 5.02 Å². The molecule has 3 N–H and O–H groups in total. The molecule has 1 aromatic carbocycles. The van der Waals surface area contributed by atoms with Gasteiger partial charge in [-0.25, -0.2) is 5.84 Å². The first-order valence-corrected chi connectivity index (χ1v) is 5.87. The molecule has 0 aliphatic rings. The number of hydrogen-bond donors (Lipinski definition) is 2. The van der Waals surface area contributed by atoms with E-state index in [9.17, 15) is 14.9 Å². The lowest BCUT2D eigenvalue weighted by atomic mass is 10.1. The Morgan fingerprint density at radius 3 is 2.80 bits per heavy atom. The fourth-order valence-electron chi connectivity index (χ4n) is 1.72. The number of carbonyl (C=O) groups is 1. The monoisotopic (exact) mass is 295 g/mol. The van der Waals surface area contributed by atoms with Crippen LogP contribution in [0.25, 0.3) is 0 Å². The first-order valence-electron chi connectivity index (χ1n) is 5.49. The number of amides is 1. The Hall–Kier alpha value is -2.45. The van der Waals surface area contributed by atoms with E-state index >= 15 is 0 Å². The number of carbonyl (C=O) groups excluding carboxylic acids is 1. The van der Waals surface area contributed by atoms with Gasteiger partial charge in [-0.1, -0.05) is 29.8 Å². The third kappa shape index (κ3) is 2.76. The minimum absolute atomic E-state index is 0.0595. The number of aromatic nitrogens is 2. The molecule has 0 radical (unpaired) electrons. The molecule has 0 unspecified atom stereocenters. The SMILES string of the molecule is NNC(=O)c1ccccc1Cn1cc(Cl)c([N+](=O)[O-])n1. The van der Waals surface area contributed by atoms with Crippen LogP contribution in [0.1, 0.15) is 15.9 Å². The zero-order valence-corrected chi connectivity index (χ0v) is 10.9. The Bertz CT molecular complexity index is 670. The smallest absolute Gasteiger partial charge is 0.358 e. The van der Waals surface area contributed by atoms with E-state index in [1.54, 1.807) is 24.3 Å². The van der Waals surface area contributed by atoms with Crippen LogP contribution in [0, 0.1) is 10.1 Å². The van der Waals surface area contributed by atoms with Gasteiger partial charge in [0, 0.05) is 5.56 Å². The molecule has 0 aliphatic heterocycles. The molecule has 20 heavy (non-hydrogen) atoms. The largest absolute Gasteiger partial charge is 0.408 e. The van der Waals surface area contributed by atoms with Gasteiger partial charge in [0.15, 0.2) is 5.02 Å². The molecule has 0 saturated carbocycles. The zero-order valence-electron chi connectivity index (χ0n) is 10.1. The lowest BCUT2D eigenvalue weighted by Gasteiger charge is -2.06. The number of nitrogen functional groups attached to an aromatic ring is 1. The minimum Gasteiger partial charge on any atom is -0.358 e. The molecule has 1 heterocycles. The quantitative estimate of drug-likeness (QED) is 0.379. The number of hydrogen-bond acceptors (Lipinski definition) is 5. The van der Waals surface area contributed by atoms with E-state index in [4.69, 9.17) is 17.4 Å². The Balaban J connectivity index is 2.33. The Kier molecular flexibility index (Phi) is 3.97. The predicted molar refractivity (Wildman–Crippen MR) is 71.1 cm³/mol. The summed E-state index contributed by atoms with van der Waals surface area (Å²) in [4.78, 5) is 21.6. The van der Waals surface area contributed by atoms with Crippen LogP contribution in [0.5, 0.6) is 0 Å². The molecule has 104 valence electrons. The molecule has 2 rings (SSSR count). The van der Waals surface area contributed by atoms with Crippen molar-refractivity contribution in [3.8, 4) is 0 Å². The standard InChI is InChI=1S/C11H10ClN5O3/c12-9-6-16(15-10(9)17(19)20)5-7-3-1-2-4-8(7)11(18)14-13/h1-4,6H,5,13H2,(H,14,18). The molecule has 2 aromatic rings. The van der Waals surface area contributed by atoms with Crippen molar-refractivity contribution in [2.24, 2.45) is 5.84 Å². The number of nitrogens with one attached hydrogen (secondary N) is 1. The fraction of sp³-hybridized carbons (Fsp3) is 0.0909. The number of nitrogens with two attached hydrogens (primary N) is 1. The summed E-state index contributed by atoms with van der Waals surface area (Å²) in [5.74, 6) is 4.23. The van der Waals surface area contributed by atoms with Gasteiger partial charge < -0.3 is 10.1 Å². The topological polar surface area (TPSA) is 116 Å². The minimum atomic E-state index is -0.669. The number of benzene rings is 1. The number of nitro groups is 1. The Morgan fingerprint density at radius 2 is 2.20 bits per heavy atom. The van der Waals surface area contributed by atoms with Gasteiger partial charge >= 0.3 is 5.82 Å². The van der Waals surface area contributed by atoms with Gasteiger partial charge in [-0.05, 0) is 16.6 Å². The van der Waals surface area contributed by atoms with E-state index in [0.29, 0.717) is 11.1 Å². The normalized spacial score (nSPS) is 10.3. The summed E-state index contributed by atoms with van der Waals surface area (Å²) in [5, 5.41) is 14.4. The van der Waals surface area contributed by atoms with Crippen LogP contribution >= 0.6 is 11.6 Å². The summed E-state index contributed by atoms with van der Waals surface area (Å²) in [6.07, 6.45) is 1.33. The van der Waals surface area contributed by atoms with Crippen molar-refractivity contribution in [1.29, 1.82) is 0 Å². The lowest BCUT2D eigenvalue weighted by Crippen LogP contribution is -2.31. The van der Waals surface area contributed by atoms with Crippen molar-refractivity contribution in [2.75, 3.05) is 0 Å². The first-order chi connectivity index (χ1) is 9.52. The summed E-state index contributed by atoms with van der Waals surface area (Å²) >= 11 is 5.71. The van der Waals surface area contributed by atoms with Crippen molar-refractivity contribution in [2.45, 2.75) is 6.54 Å². The molecular formula is C11H10ClN5O3. The maximum Gasteiger partial charge on any atom is 0.408 e. The van der Waals surface area contributed by atoms with Gasteiger partial charge in [0.2, 0.25) is 0 Å². The first kappa shape index (κ1) is 14.0. The molecule has 9 heteroatoms. The van der Waals surface area contributed by atoms with Gasteiger partial charge in [-0.15, -0.1) is 0 Å². The fourth-order valence-corrected chi connectivity index (χ4v) is 1.94. The van der Waals surface area contributed by atoms with Crippen LogP contribution in [-0.2, 0) is 6.54 Å². The molecule has 1 amide bonds. The number of rotatable bonds is 4. The summed E-state index contributed by atoms with van der Waals surface area (Å²) in [7, 11) is 0. The van der Waals surface area contributed by atoms with Gasteiger partial charge in [0.1, 0.15) is 0 Å². The molecule has 8 nitrogen and oxygen atoms in total. The third-order valence-corrected chi connectivity index (χ3v) is 2.86. The van der Waals surface area contributed by atoms with Gasteiger partial charge in [-0.3, -0.25) is 10.2 Å². The highest BCUT2D eigenvalue weighted by atomic mass is 35.5. The molecule has 0 aliphatic carbocycles. The number of halogens is 1. The molecule has 0 saturated heterocycles. The van der Waals surface area contributed by atoms with E-state index in [1.807, 2.05) is 5.43 Å². The van der Waals surface area contributed by atoms with Gasteiger partial charge in [0.05, 0.1) is 17.8 Å². The van der Waals surface area contributed by atoms with Crippen molar-refractivity contribution >= 4 is 23.3 Å². The van der Waals surface area contributed by atoms with E-state index < -0.39 is 16.6 Å². The highest BCUT2D eigenvalue weighted by Gasteiger charge is 2.20. The molecule has 0 atom stereocenters. The molecule has 0 spiro atoms. The van der Waals surface area contributed by atoms with Gasteiger partial charge in [0.25, 0.3) is 5.91 Å². The van der Waals surface area contributed by atoms with Crippen LogP contribution < -0.4 is 11.3 Å². The zero-order chi connectivity index (χ0) is 14.7. The molecular weight excluding hydrogens is 286 g/mol. The van der Waals surface area contributed by atoms with Crippen molar-refractivity contribution in [3.63, 3.8) is 0 Å². The maximum atomic E-state index is 11.6. The summed E-state index contributed by atoms with van der Waals surface area (Å²) in [6, 6.07) is 6.72. The summed E-state index contributed by atoms with van der Waals surface area (Å²) in [5.41, 5.74) is 3.02. The highest BCUT2D eigenvalue weighted by molar-refractivity contribution is 6.32. The van der Waals surface area contributed by atoms with Crippen molar-refractivity contribution in [3.05, 3.63) is 56.7 Å². The van der Waals surface area contributed by atoms with E-state index in [2.05, 4.69) is 5.10 Å². The second-order valence-corrected chi connectivity index (χ2v) is 4.29. The van der Waals surface area contributed by atoms with E-state index in [0.717, 1.165) is 0 Å². The highest BCUT2D eigenvalue weighted by Crippen LogP contribution is 2.22. The average molecular weight is 296 g/mol. The van der Waals surface area contributed by atoms with Gasteiger partial charge in [-0.2, -0.15) is 4.68 Å². The predicted octanol–water partition coefficient (Wildman–Crippen LogP) is 1.10. The second kappa shape index (κ2) is 5.68. The number of nitrogens with zero attached hydrogens (tertiary/aromatic N) is 3. The van der Waals surface area contributed by atoms with Crippen LogP contribution in [-0.4, -0.2) is 20.6 Å². The van der Waals surface area contributed by atoms with E-state index in [1.165, 1.54) is 10.9 Å². The lowest BCUT2D eigenvalue weighted by molar-refractivity contribution is -0.389. The average Bonchev–Trinajstić information content (AvgIpc) is 2.79. The number of hydrazine groups is 1. The summed E-state index contributed by atoms with van der Waals surface area (Å²) < 4.78 is 1.29. The summed E-state index contributed by atoms with van der Waals surface area (Å²) in [6.45, 7) is 0.164. The van der Waals surface area contributed by atoms with Crippen LogP contribution in [0.15, 0.2) is 30.5 Å². The van der Waals surface area contributed by atoms with E-state index in [-0.39, 0.29) is 11.6 Å². The molecule has 0 bridgehead atoms. The Labute approximate surface area is 118 Å². The second-order valence-electron chi connectivity index (χ2n) is 3.89. The van der Waals surface area contributed by atoms with Crippen LogP contribution in [0.3, 0.4) is 0 Å². The Morgan fingerprint density at radius 1 is 1.50 bits per heavy atom. The maximum absolute atomic E-state index is 11.6. The molecule has 1 aromatic heterocycles. The third-order valence-electron chi connectivity index (χ3n) is 2.60. The molecule has 0 fully saturated rings.